The van der Waals surface area contributed by atoms with E-state index in [1.807, 2.05) is 6.92 Å². The number of imidazole rings is 1. The smallest absolute Gasteiger partial charge is 0.411 e. The van der Waals surface area contributed by atoms with Crippen molar-refractivity contribution in [1.82, 2.24) is 9.97 Å². The fraction of sp³-hybridized carbons (Fsp3) is 0.273. The normalized spacial score (nSPS) is 10.5. The number of aryl methyl sites for hydroxylation is 1. The van der Waals surface area contributed by atoms with Gasteiger partial charge in [-0.05, 0) is 26.0 Å². The minimum absolute atomic E-state index is 0.316. The lowest BCUT2D eigenvalue weighted by Gasteiger charge is -2.06. The number of carbonyl (C=O) groups excluding carboxylic acids is 1. The number of H-pyrrole nitrogens is 1. The van der Waals surface area contributed by atoms with Crippen LogP contribution in [-0.4, -0.2) is 22.7 Å². The summed E-state index contributed by atoms with van der Waals surface area (Å²) in [5, 5.41) is 2.62. The highest BCUT2D eigenvalue weighted by Crippen LogP contribution is 2.25. The number of nitrogens with zero attached hydrogens (tertiary/aromatic N) is 1. The summed E-state index contributed by atoms with van der Waals surface area (Å²) in [5.74, 6) is 0.762. The van der Waals surface area contributed by atoms with Crippen LogP contribution in [0.5, 0.6) is 0 Å². The maximum Gasteiger partial charge on any atom is 0.411 e. The van der Waals surface area contributed by atoms with E-state index >= 15 is 0 Å². The van der Waals surface area contributed by atoms with E-state index < -0.39 is 6.09 Å². The van der Waals surface area contributed by atoms with Gasteiger partial charge in [0.05, 0.1) is 17.8 Å². The molecule has 0 unspecified atom stereocenters. The number of aromatic amines is 1. The Morgan fingerprint density at radius 1 is 1.59 bits per heavy atom. The summed E-state index contributed by atoms with van der Waals surface area (Å²) in [7, 11) is 0. The molecule has 4 N–H and O–H groups in total. The summed E-state index contributed by atoms with van der Waals surface area (Å²) < 4.78 is 4.81. The Hall–Kier alpha value is -2.24. The van der Waals surface area contributed by atoms with Gasteiger partial charge in [0.1, 0.15) is 11.3 Å². The van der Waals surface area contributed by atoms with Gasteiger partial charge in [-0.3, -0.25) is 5.32 Å². The predicted molar refractivity (Wildman–Crippen MR) is 65.9 cm³/mol. The molecular weight excluding hydrogens is 220 g/mol. The van der Waals surface area contributed by atoms with Gasteiger partial charge in [0.25, 0.3) is 0 Å². The van der Waals surface area contributed by atoms with Crippen LogP contribution in [0.25, 0.3) is 11.0 Å². The quantitative estimate of drug-likeness (QED) is 0.693. The number of amides is 1. The van der Waals surface area contributed by atoms with Crippen molar-refractivity contribution < 1.29 is 9.53 Å². The lowest BCUT2D eigenvalue weighted by molar-refractivity contribution is 0.168. The highest BCUT2D eigenvalue weighted by molar-refractivity contribution is 5.98. The molecule has 0 fully saturated rings. The first-order valence-corrected chi connectivity index (χ1v) is 5.29. The SMILES string of the molecule is CCOC(=O)Nc1cc(N)cc2[nH]c(C)nc12. The van der Waals surface area contributed by atoms with Crippen molar-refractivity contribution in [3.05, 3.63) is 18.0 Å². The van der Waals surface area contributed by atoms with Gasteiger partial charge in [-0.15, -0.1) is 0 Å². The Labute approximate surface area is 98.2 Å². The molecule has 1 aromatic heterocycles. The summed E-state index contributed by atoms with van der Waals surface area (Å²) in [4.78, 5) is 18.7. The Morgan fingerprint density at radius 2 is 2.35 bits per heavy atom. The Bertz CT molecular complexity index is 562. The number of hydrogen-bond donors (Lipinski definition) is 3. The van der Waals surface area contributed by atoms with Gasteiger partial charge in [-0.25, -0.2) is 9.78 Å². The van der Waals surface area contributed by atoms with Crippen molar-refractivity contribution in [1.29, 1.82) is 0 Å². The molecule has 1 amide bonds. The summed E-state index contributed by atoms with van der Waals surface area (Å²) >= 11 is 0. The minimum Gasteiger partial charge on any atom is -0.450 e. The van der Waals surface area contributed by atoms with Crippen molar-refractivity contribution >= 4 is 28.5 Å². The van der Waals surface area contributed by atoms with E-state index in [2.05, 4.69) is 15.3 Å². The van der Waals surface area contributed by atoms with Crippen LogP contribution in [-0.2, 0) is 4.74 Å². The standard InChI is InChI=1S/C11H14N4O2/c1-3-17-11(16)15-9-5-7(12)4-8-10(9)14-6(2)13-8/h4-5H,3,12H2,1-2H3,(H,13,14)(H,15,16). The maximum absolute atomic E-state index is 11.4. The summed E-state index contributed by atoms with van der Waals surface area (Å²) in [6.45, 7) is 3.90. The molecule has 1 heterocycles. The monoisotopic (exact) mass is 234 g/mol. The molecule has 2 aromatic rings. The van der Waals surface area contributed by atoms with Crippen molar-refractivity contribution in [2.75, 3.05) is 17.7 Å². The summed E-state index contributed by atoms with van der Waals surface area (Å²) in [5.41, 5.74) is 8.29. The molecule has 1 aromatic carbocycles. The van der Waals surface area contributed by atoms with Gasteiger partial charge < -0.3 is 15.5 Å². The number of nitrogens with two attached hydrogens (primary N) is 1. The number of benzene rings is 1. The second-order valence-corrected chi connectivity index (χ2v) is 3.63. The molecule has 0 bridgehead atoms. The Morgan fingerprint density at radius 3 is 3.06 bits per heavy atom. The maximum atomic E-state index is 11.4. The lowest BCUT2D eigenvalue weighted by atomic mass is 10.2. The molecule has 0 saturated carbocycles. The lowest BCUT2D eigenvalue weighted by Crippen LogP contribution is -2.13. The van der Waals surface area contributed by atoms with E-state index in [0.717, 1.165) is 11.3 Å². The molecule has 0 aliphatic heterocycles. The number of aromatic nitrogens is 2. The number of hydrogen-bond acceptors (Lipinski definition) is 4. The van der Waals surface area contributed by atoms with Crippen molar-refractivity contribution in [2.24, 2.45) is 0 Å². The molecule has 0 aliphatic carbocycles. The van der Waals surface area contributed by atoms with Gasteiger partial charge in [-0.1, -0.05) is 0 Å². The number of nitrogens with one attached hydrogen (secondary N) is 2. The molecule has 0 saturated heterocycles. The molecule has 6 nitrogen and oxygen atoms in total. The van der Waals surface area contributed by atoms with Crippen LogP contribution in [0, 0.1) is 6.92 Å². The van der Waals surface area contributed by atoms with Crippen molar-refractivity contribution in [2.45, 2.75) is 13.8 Å². The zero-order chi connectivity index (χ0) is 12.4. The summed E-state index contributed by atoms with van der Waals surface area (Å²) in [6, 6.07) is 3.42. The molecule has 17 heavy (non-hydrogen) atoms. The van der Waals surface area contributed by atoms with Gasteiger partial charge >= 0.3 is 6.09 Å². The molecular formula is C11H14N4O2. The zero-order valence-corrected chi connectivity index (χ0v) is 9.70. The van der Waals surface area contributed by atoms with E-state index in [1.54, 1.807) is 19.1 Å². The average molecular weight is 234 g/mol. The largest absolute Gasteiger partial charge is 0.450 e. The minimum atomic E-state index is -0.514. The second-order valence-electron chi connectivity index (χ2n) is 3.63. The van der Waals surface area contributed by atoms with Crippen LogP contribution in [0.1, 0.15) is 12.7 Å². The first-order valence-electron chi connectivity index (χ1n) is 5.29. The van der Waals surface area contributed by atoms with Crippen LogP contribution in [0.15, 0.2) is 12.1 Å². The molecule has 2 rings (SSSR count). The van der Waals surface area contributed by atoms with Crippen LogP contribution in [0.4, 0.5) is 16.2 Å². The number of rotatable bonds is 2. The molecule has 0 spiro atoms. The highest BCUT2D eigenvalue weighted by atomic mass is 16.5. The van der Waals surface area contributed by atoms with Gasteiger partial charge in [-0.2, -0.15) is 0 Å². The van der Waals surface area contributed by atoms with Crippen LogP contribution < -0.4 is 11.1 Å². The predicted octanol–water partition coefficient (Wildman–Crippen LogP) is 2.02. The van der Waals surface area contributed by atoms with Crippen LogP contribution in [0.3, 0.4) is 0 Å². The zero-order valence-electron chi connectivity index (χ0n) is 9.70. The molecule has 90 valence electrons. The van der Waals surface area contributed by atoms with E-state index in [1.165, 1.54) is 0 Å². The van der Waals surface area contributed by atoms with Crippen molar-refractivity contribution in [3.63, 3.8) is 0 Å². The second kappa shape index (κ2) is 4.32. The first kappa shape index (κ1) is 11.3. The molecule has 0 aliphatic rings. The van der Waals surface area contributed by atoms with E-state index in [9.17, 15) is 4.79 Å². The molecule has 0 atom stereocenters. The Balaban J connectivity index is 2.41. The van der Waals surface area contributed by atoms with Crippen molar-refractivity contribution in [3.8, 4) is 0 Å². The first-order chi connectivity index (χ1) is 8.10. The third kappa shape index (κ3) is 2.30. The Kier molecular flexibility index (Phi) is 2.86. The third-order valence-electron chi connectivity index (χ3n) is 2.24. The van der Waals surface area contributed by atoms with Crippen LogP contribution in [0.2, 0.25) is 0 Å². The fourth-order valence-corrected chi connectivity index (χ4v) is 1.64. The van der Waals surface area contributed by atoms with E-state index in [0.29, 0.717) is 23.5 Å². The van der Waals surface area contributed by atoms with E-state index in [4.69, 9.17) is 10.5 Å². The number of anilines is 2. The highest BCUT2D eigenvalue weighted by Gasteiger charge is 2.10. The number of fused-ring (bicyclic) bond motifs is 1. The number of ether oxygens (including phenoxy) is 1. The topological polar surface area (TPSA) is 93.0 Å². The van der Waals surface area contributed by atoms with E-state index in [-0.39, 0.29) is 0 Å². The molecule has 0 radical (unpaired) electrons. The third-order valence-corrected chi connectivity index (χ3v) is 2.24. The van der Waals surface area contributed by atoms with Gasteiger partial charge in [0.15, 0.2) is 0 Å². The molecule has 6 heteroatoms. The number of nitrogen functional groups attached to an aromatic ring is 1. The fourth-order valence-electron chi connectivity index (χ4n) is 1.64. The summed E-state index contributed by atoms with van der Waals surface area (Å²) in [6.07, 6.45) is -0.514. The van der Waals surface area contributed by atoms with Gasteiger partial charge in [0.2, 0.25) is 0 Å². The van der Waals surface area contributed by atoms with Crippen LogP contribution >= 0.6 is 0 Å². The number of carbonyl (C=O) groups is 1. The average Bonchev–Trinajstić information content (AvgIpc) is 2.58. The van der Waals surface area contributed by atoms with Gasteiger partial charge in [0, 0.05) is 5.69 Å².